The maximum atomic E-state index is 12.9. The topological polar surface area (TPSA) is 66.5 Å². The summed E-state index contributed by atoms with van der Waals surface area (Å²) < 4.78 is 26.0. The fourth-order valence-electron chi connectivity index (χ4n) is 3.39. The number of carbonyl (C=O) groups excluding carboxylic acids is 1. The van der Waals surface area contributed by atoms with E-state index < -0.39 is 16.1 Å². The van der Waals surface area contributed by atoms with Gasteiger partial charge in [0.15, 0.2) is 0 Å². The van der Waals surface area contributed by atoms with E-state index in [1.165, 1.54) is 17.1 Å². The Morgan fingerprint density at radius 2 is 1.92 bits per heavy atom. The minimum absolute atomic E-state index is 0.129. The van der Waals surface area contributed by atoms with Crippen molar-refractivity contribution >= 4 is 33.2 Å². The van der Waals surface area contributed by atoms with Gasteiger partial charge in [-0.05, 0) is 37.5 Å². The Morgan fingerprint density at radius 1 is 1.28 bits per heavy atom. The van der Waals surface area contributed by atoms with E-state index >= 15 is 0 Å². The van der Waals surface area contributed by atoms with E-state index in [9.17, 15) is 13.2 Å². The first kappa shape index (κ1) is 20.0. The molecule has 5 nitrogen and oxygen atoms in total. The summed E-state index contributed by atoms with van der Waals surface area (Å²) in [5.41, 5.74) is 0.415. The summed E-state index contributed by atoms with van der Waals surface area (Å²) >= 11 is 6.02. The maximum absolute atomic E-state index is 12.9. The van der Waals surface area contributed by atoms with Gasteiger partial charge in [-0.2, -0.15) is 0 Å². The van der Waals surface area contributed by atoms with Crippen LogP contribution in [0.2, 0.25) is 5.02 Å². The molecule has 1 atom stereocenters. The second-order valence-corrected chi connectivity index (χ2v) is 8.96. The number of nitrogens with one attached hydrogen (secondary N) is 1. The third-order valence-electron chi connectivity index (χ3n) is 4.59. The highest BCUT2D eigenvalue weighted by molar-refractivity contribution is 7.92. The minimum Gasteiger partial charge on any atom is -0.352 e. The molecular formula is C18H27ClN2O3S. The van der Waals surface area contributed by atoms with E-state index in [1.807, 2.05) is 6.92 Å². The van der Waals surface area contributed by atoms with Gasteiger partial charge in [0.2, 0.25) is 15.9 Å². The van der Waals surface area contributed by atoms with E-state index in [1.54, 1.807) is 24.3 Å². The molecule has 1 amide bonds. The Balaban J connectivity index is 2.25. The summed E-state index contributed by atoms with van der Waals surface area (Å²) in [6.45, 7) is 1.82. The number of benzene rings is 1. The Bertz CT molecular complexity index is 685. The number of sulfonamides is 1. The Hall–Kier alpha value is -1.27. The highest BCUT2D eigenvalue weighted by Gasteiger charge is 2.32. The Labute approximate surface area is 155 Å². The zero-order valence-electron chi connectivity index (χ0n) is 14.9. The smallest absolute Gasteiger partial charge is 0.244 e. The minimum atomic E-state index is -3.63. The zero-order chi connectivity index (χ0) is 18.4. The summed E-state index contributed by atoms with van der Waals surface area (Å²) in [7, 11) is -3.63. The normalized spacial score (nSPS) is 17.6. The van der Waals surface area contributed by atoms with Crippen molar-refractivity contribution in [3.63, 3.8) is 0 Å². The fourth-order valence-corrected chi connectivity index (χ4v) is 4.78. The van der Waals surface area contributed by atoms with Crippen LogP contribution < -0.4 is 9.62 Å². The van der Waals surface area contributed by atoms with Crippen molar-refractivity contribution in [1.29, 1.82) is 0 Å². The van der Waals surface area contributed by atoms with Crippen molar-refractivity contribution in [2.75, 3.05) is 10.6 Å². The lowest BCUT2D eigenvalue weighted by Gasteiger charge is -2.31. The van der Waals surface area contributed by atoms with Gasteiger partial charge in [0.1, 0.15) is 6.04 Å². The van der Waals surface area contributed by atoms with Gasteiger partial charge in [-0.25, -0.2) is 8.42 Å². The van der Waals surface area contributed by atoms with Crippen molar-refractivity contribution < 1.29 is 13.2 Å². The van der Waals surface area contributed by atoms with Gasteiger partial charge in [-0.3, -0.25) is 9.10 Å². The second kappa shape index (κ2) is 8.90. The molecule has 1 N–H and O–H groups in total. The van der Waals surface area contributed by atoms with Gasteiger partial charge < -0.3 is 5.32 Å². The molecule has 0 saturated heterocycles. The number of rotatable bonds is 6. The van der Waals surface area contributed by atoms with Crippen LogP contribution in [0.1, 0.15) is 51.9 Å². The third-order valence-corrected chi connectivity index (χ3v) is 6.01. The lowest BCUT2D eigenvalue weighted by molar-refractivity contribution is -0.123. The van der Waals surface area contributed by atoms with Crippen LogP contribution in [0.4, 0.5) is 5.69 Å². The monoisotopic (exact) mass is 386 g/mol. The summed E-state index contributed by atoms with van der Waals surface area (Å²) in [5.74, 6) is -0.236. The van der Waals surface area contributed by atoms with Crippen molar-refractivity contribution in [3.8, 4) is 0 Å². The largest absolute Gasteiger partial charge is 0.352 e. The van der Waals surface area contributed by atoms with E-state index in [-0.39, 0.29) is 11.9 Å². The molecule has 1 aromatic rings. The van der Waals surface area contributed by atoms with Crippen LogP contribution in [0, 0.1) is 0 Å². The Kier molecular flexibility index (Phi) is 7.14. The molecule has 0 unspecified atom stereocenters. The molecule has 1 saturated carbocycles. The molecule has 1 fully saturated rings. The van der Waals surface area contributed by atoms with Crippen molar-refractivity contribution in [3.05, 3.63) is 29.3 Å². The molecule has 1 aromatic carbocycles. The van der Waals surface area contributed by atoms with Crippen LogP contribution in [0.15, 0.2) is 24.3 Å². The molecule has 0 radical (unpaired) electrons. The number of hydrogen-bond acceptors (Lipinski definition) is 3. The van der Waals surface area contributed by atoms with Gasteiger partial charge in [0.25, 0.3) is 0 Å². The first-order valence-corrected chi connectivity index (χ1v) is 11.1. The molecule has 0 aliphatic heterocycles. The average molecular weight is 387 g/mol. The number of amides is 1. The molecule has 2 rings (SSSR count). The molecule has 140 valence electrons. The molecule has 0 spiro atoms. The molecule has 1 aliphatic carbocycles. The molecule has 0 aromatic heterocycles. The molecule has 25 heavy (non-hydrogen) atoms. The predicted octanol–water partition coefficient (Wildman–Crippen LogP) is 3.72. The van der Waals surface area contributed by atoms with Crippen molar-refractivity contribution in [1.82, 2.24) is 5.32 Å². The van der Waals surface area contributed by atoms with Gasteiger partial charge >= 0.3 is 0 Å². The first-order valence-electron chi connectivity index (χ1n) is 8.88. The second-order valence-electron chi connectivity index (χ2n) is 6.66. The highest BCUT2D eigenvalue weighted by atomic mass is 35.5. The summed E-state index contributed by atoms with van der Waals surface area (Å²) in [6.07, 6.45) is 8.02. The maximum Gasteiger partial charge on any atom is 0.244 e. The summed E-state index contributed by atoms with van der Waals surface area (Å²) in [6, 6.07) is 5.95. The SMILES string of the molecule is CC[C@@H](C(=O)NC1CCCCCC1)N(c1cccc(Cl)c1)S(C)(=O)=O. The van der Waals surface area contributed by atoms with Gasteiger partial charge in [0, 0.05) is 11.1 Å². The van der Waals surface area contributed by atoms with Gasteiger partial charge in [-0.15, -0.1) is 0 Å². The molecule has 0 bridgehead atoms. The van der Waals surface area contributed by atoms with Crippen molar-refractivity contribution in [2.45, 2.75) is 64.0 Å². The van der Waals surface area contributed by atoms with E-state index in [0.29, 0.717) is 17.1 Å². The van der Waals surface area contributed by atoms with E-state index in [4.69, 9.17) is 11.6 Å². The molecule has 0 heterocycles. The number of halogens is 1. The number of anilines is 1. The van der Waals surface area contributed by atoms with Crippen LogP contribution in [0.25, 0.3) is 0 Å². The quantitative estimate of drug-likeness (QED) is 0.757. The van der Waals surface area contributed by atoms with E-state index in [2.05, 4.69) is 5.32 Å². The first-order chi connectivity index (χ1) is 11.8. The predicted molar refractivity (Wildman–Crippen MR) is 102 cm³/mol. The van der Waals surface area contributed by atoms with Crippen molar-refractivity contribution in [2.24, 2.45) is 0 Å². The van der Waals surface area contributed by atoms with Gasteiger partial charge in [0.05, 0.1) is 11.9 Å². The summed E-state index contributed by atoms with van der Waals surface area (Å²) in [5, 5.41) is 3.50. The van der Waals surface area contributed by atoms with Crippen LogP contribution in [0.3, 0.4) is 0 Å². The zero-order valence-corrected chi connectivity index (χ0v) is 16.4. The van der Waals surface area contributed by atoms with Crippen LogP contribution in [-0.4, -0.2) is 32.7 Å². The van der Waals surface area contributed by atoms with Crippen LogP contribution >= 0.6 is 11.6 Å². The average Bonchev–Trinajstić information content (AvgIpc) is 2.79. The van der Waals surface area contributed by atoms with Gasteiger partial charge in [-0.1, -0.05) is 50.3 Å². The fraction of sp³-hybridized carbons (Fsp3) is 0.611. The standard InChI is InChI=1S/C18H27ClN2O3S/c1-3-17(18(22)20-15-10-6-4-5-7-11-15)21(25(2,23)24)16-12-8-9-14(19)13-16/h8-9,12-13,15,17H,3-7,10-11H2,1-2H3,(H,20,22)/t17-/m0/s1. The number of nitrogens with zero attached hydrogens (tertiary/aromatic N) is 1. The summed E-state index contributed by atoms with van der Waals surface area (Å²) in [4.78, 5) is 12.9. The lowest BCUT2D eigenvalue weighted by Crippen LogP contribution is -2.51. The van der Waals surface area contributed by atoms with E-state index in [0.717, 1.165) is 31.9 Å². The molecule has 7 heteroatoms. The highest BCUT2D eigenvalue weighted by Crippen LogP contribution is 2.26. The molecule has 1 aliphatic rings. The molecular weight excluding hydrogens is 360 g/mol. The van der Waals surface area contributed by atoms with Crippen LogP contribution in [0.5, 0.6) is 0 Å². The number of hydrogen-bond donors (Lipinski definition) is 1. The lowest BCUT2D eigenvalue weighted by atomic mass is 10.1. The Morgan fingerprint density at radius 3 is 2.44 bits per heavy atom. The third kappa shape index (κ3) is 5.61. The number of carbonyl (C=O) groups is 1. The van der Waals surface area contributed by atoms with Crippen LogP contribution in [-0.2, 0) is 14.8 Å².